The number of hydrogen-bond acceptors (Lipinski definition) is 3. The summed E-state index contributed by atoms with van der Waals surface area (Å²) in [5, 5.41) is 21.5. The Hall–Kier alpha value is -1.87. The van der Waals surface area contributed by atoms with Gasteiger partial charge in [0.05, 0.1) is 12.1 Å². The van der Waals surface area contributed by atoms with Crippen LogP contribution < -0.4 is 5.46 Å². The summed E-state index contributed by atoms with van der Waals surface area (Å²) < 4.78 is 52.0. The first-order valence-corrected chi connectivity index (χ1v) is 5.51. The van der Waals surface area contributed by atoms with E-state index in [1.807, 2.05) is 0 Å². The lowest BCUT2D eigenvalue weighted by atomic mass is 9.83. The molecule has 0 aliphatic rings. The van der Waals surface area contributed by atoms with Crippen LogP contribution in [0, 0.1) is 5.82 Å². The van der Waals surface area contributed by atoms with E-state index in [2.05, 4.69) is 5.10 Å². The van der Waals surface area contributed by atoms with E-state index in [0.29, 0.717) is 6.07 Å². The standard InChI is InChI=1S/C11H9BF4N2O2/c13-10-2-7(1-8(3-10)11(14,15)16)5-18-6-9(4-17-18)12(19)20/h1-4,6,19-20H,5H2. The van der Waals surface area contributed by atoms with Crippen LogP contribution >= 0.6 is 0 Å². The summed E-state index contributed by atoms with van der Waals surface area (Å²) in [5.41, 5.74) is -0.918. The zero-order chi connectivity index (χ0) is 14.9. The zero-order valence-electron chi connectivity index (χ0n) is 9.97. The van der Waals surface area contributed by atoms with E-state index in [0.717, 1.165) is 18.3 Å². The molecule has 1 aromatic heterocycles. The van der Waals surface area contributed by atoms with E-state index >= 15 is 0 Å². The Bertz CT molecular complexity index is 613. The third-order valence-electron chi connectivity index (χ3n) is 2.58. The van der Waals surface area contributed by atoms with Gasteiger partial charge < -0.3 is 10.0 Å². The minimum Gasteiger partial charge on any atom is -0.423 e. The monoisotopic (exact) mass is 288 g/mol. The van der Waals surface area contributed by atoms with Gasteiger partial charge in [0.1, 0.15) is 5.82 Å². The number of nitrogens with zero attached hydrogens (tertiary/aromatic N) is 2. The molecule has 0 aliphatic carbocycles. The number of hydrogen-bond donors (Lipinski definition) is 2. The molecule has 4 nitrogen and oxygen atoms in total. The van der Waals surface area contributed by atoms with Crippen LogP contribution in [0.5, 0.6) is 0 Å². The Balaban J connectivity index is 2.26. The fourth-order valence-electron chi connectivity index (χ4n) is 1.69. The fourth-order valence-corrected chi connectivity index (χ4v) is 1.69. The number of benzene rings is 1. The molecule has 0 saturated carbocycles. The first-order chi connectivity index (χ1) is 9.25. The molecular weight excluding hydrogens is 279 g/mol. The van der Waals surface area contributed by atoms with Crippen molar-refractivity contribution in [2.24, 2.45) is 0 Å². The predicted molar refractivity (Wildman–Crippen MR) is 62.6 cm³/mol. The zero-order valence-corrected chi connectivity index (χ0v) is 9.97. The van der Waals surface area contributed by atoms with Crippen LogP contribution in [-0.2, 0) is 12.7 Å². The average molecular weight is 288 g/mol. The maximum absolute atomic E-state index is 13.2. The van der Waals surface area contributed by atoms with Gasteiger partial charge in [-0.15, -0.1) is 0 Å². The average Bonchev–Trinajstić information content (AvgIpc) is 2.75. The summed E-state index contributed by atoms with van der Waals surface area (Å²) >= 11 is 0. The Labute approximate surface area is 111 Å². The predicted octanol–water partition coefficient (Wildman–Crippen LogP) is 0.769. The molecule has 2 N–H and O–H groups in total. The maximum atomic E-state index is 13.2. The molecule has 2 rings (SSSR count). The second-order valence-electron chi connectivity index (χ2n) is 4.19. The highest BCUT2D eigenvalue weighted by Crippen LogP contribution is 2.30. The molecule has 0 bridgehead atoms. The third-order valence-corrected chi connectivity index (χ3v) is 2.58. The van der Waals surface area contributed by atoms with Gasteiger partial charge >= 0.3 is 13.3 Å². The molecule has 1 heterocycles. The number of aromatic nitrogens is 2. The molecule has 0 unspecified atom stereocenters. The second kappa shape index (κ2) is 5.26. The van der Waals surface area contributed by atoms with Crippen LogP contribution in [0.4, 0.5) is 17.6 Å². The van der Waals surface area contributed by atoms with Crippen molar-refractivity contribution in [3.05, 3.63) is 47.5 Å². The third kappa shape index (κ3) is 3.37. The van der Waals surface area contributed by atoms with Gasteiger partial charge in [0.2, 0.25) is 0 Å². The summed E-state index contributed by atoms with van der Waals surface area (Å²) in [5.74, 6) is -0.996. The molecule has 20 heavy (non-hydrogen) atoms. The van der Waals surface area contributed by atoms with Crippen LogP contribution in [0.25, 0.3) is 0 Å². The minimum atomic E-state index is -4.63. The molecule has 0 atom stereocenters. The SMILES string of the molecule is OB(O)c1cnn(Cc2cc(F)cc(C(F)(F)F)c2)c1. The molecule has 0 aliphatic heterocycles. The molecule has 0 radical (unpaired) electrons. The van der Waals surface area contributed by atoms with Crippen LogP contribution in [0.1, 0.15) is 11.1 Å². The molecule has 0 amide bonds. The lowest BCUT2D eigenvalue weighted by Gasteiger charge is -2.09. The maximum Gasteiger partial charge on any atom is 0.491 e. The summed E-state index contributed by atoms with van der Waals surface area (Å²) in [6, 6.07) is 2.20. The van der Waals surface area contributed by atoms with E-state index in [1.54, 1.807) is 0 Å². The highest BCUT2D eigenvalue weighted by atomic mass is 19.4. The van der Waals surface area contributed by atoms with Gasteiger partial charge in [-0.2, -0.15) is 18.3 Å². The summed E-state index contributed by atoms with van der Waals surface area (Å²) in [6.45, 7) is -0.118. The molecule has 106 valence electrons. The summed E-state index contributed by atoms with van der Waals surface area (Å²) in [6.07, 6.45) is -2.22. The van der Waals surface area contributed by atoms with Gasteiger partial charge in [0, 0.05) is 17.9 Å². The van der Waals surface area contributed by atoms with Crippen molar-refractivity contribution in [2.75, 3.05) is 0 Å². The summed E-state index contributed by atoms with van der Waals surface area (Å²) in [4.78, 5) is 0. The van der Waals surface area contributed by atoms with Crippen LogP contribution in [0.15, 0.2) is 30.6 Å². The van der Waals surface area contributed by atoms with Gasteiger partial charge in [-0.1, -0.05) is 0 Å². The van der Waals surface area contributed by atoms with Crippen molar-refractivity contribution in [1.29, 1.82) is 0 Å². The Morgan fingerprint density at radius 3 is 2.45 bits per heavy atom. The Morgan fingerprint density at radius 2 is 1.90 bits per heavy atom. The van der Waals surface area contributed by atoms with Crippen molar-refractivity contribution in [1.82, 2.24) is 9.78 Å². The minimum absolute atomic E-state index is 0.0689. The van der Waals surface area contributed by atoms with Crippen molar-refractivity contribution in [2.45, 2.75) is 12.7 Å². The second-order valence-corrected chi connectivity index (χ2v) is 4.19. The highest BCUT2D eigenvalue weighted by molar-refractivity contribution is 6.58. The number of rotatable bonds is 3. The normalized spacial score (nSPS) is 11.7. The molecule has 0 saturated heterocycles. The first-order valence-electron chi connectivity index (χ1n) is 5.51. The molecule has 1 aromatic carbocycles. The van der Waals surface area contributed by atoms with Gasteiger partial charge in [-0.25, -0.2) is 4.39 Å². The first kappa shape index (κ1) is 14.5. The molecule has 2 aromatic rings. The number of halogens is 4. The van der Waals surface area contributed by atoms with E-state index in [-0.39, 0.29) is 17.6 Å². The Morgan fingerprint density at radius 1 is 1.20 bits per heavy atom. The summed E-state index contributed by atoms with van der Waals surface area (Å²) in [7, 11) is -1.72. The van der Waals surface area contributed by atoms with Crippen molar-refractivity contribution in [3.63, 3.8) is 0 Å². The van der Waals surface area contributed by atoms with E-state index in [9.17, 15) is 17.6 Å². The van der Waals surface area contributed by atoms with Gasteiger partial charge in [-0.05, 0) is 23.8 Å². The van der Waals surface area contributed by atoms with Crippen LogP contribution in [-0.4, -0.2) is 26.9 Å². The molecule has 0 spiro atoms. The van der Waals surface area contributed by atoms with E-state index in [1.165, 1.54) is 10.9 Å². The van der Waals surface area contributed by atoms with Crippen molar-refractivity contribution < 1.29 is 27.6 Å². The van der Waals surface area contributed by atoms with Crippen molar-refractivity contribution in [3.8, 4) is 0 Å². The highest BCUT2D eigenvalue weighted by Gasteiger charge is 2.31. The van der Waals surface area contributed by atoms with Gasteiger partial charge in [0.25, 0.3) is 0 Å². The van der Waals surface area contributed by atoms with E-state index < -0.39 is 24.7 Å². The van der Waals surface area contributed by atoms with Crippen molar-refractivity contribution >= 4 is 12.6 Å². The fraction of sp³-hybridized carbons (Fsp3) is 0.182. The van der Waals surface area contributed by atoms with E-state index in [4.69, 9.17) is 10.0 Å². The lowest BCUT2D eigenvalue weighted by molar-refractivity contribution is -0.137. The van der Waals surface area contributed by atoms with Crippen LogP contribution in [0.3, 0.4) is 0 Å². The largest absolute Gasteiger partial charge is 0.491 e. The lowest BCUT2D eigenvalue weighted by Crippen LogP contribution is -2.28. The molecule has 0 fully saturated rings. The van der Waals surface area contributed by atoms with Gasteiger partial charge in [0.15, 0.2) is 0 Å². The molecular formula is C11H9BF4N2O2. The molecule has 9 heteroatoms. The smallest absolute Gasteiger partial charge is 0.423 e. The van der Waals surface area contributed by atoms with Crippen LogP contribution in [0.2, 0.25) is 0 Å². The topological polar surface area (TPSA) is 58.3 Å². The van der Waals surface area contributed by atoms with Gasteiger partial charge in [-0.3, -0.25) is 4.68 Å². The number of alkyl halides is 3. The Kier molecular flexibility index (Phi) is 3.82. The quantitative estimate of drug-likeness (QED) is 0.648.